The number of thioether (sulfide) groups is 1. The average Bonchev–Trinajstić information content (AvgIpc) is 3.23. The molecule has 12 nitrogen and oxygen atoms in total. The number of amides is 3. The molecule has 2 rings (SSSR count). The van der Waals surface area contributed by atoms with Crippen molar-refractivity contribution in [3.05, 3.63) is 36.0 Å². The van der Waals surface area contributed by atoms with E-state index in [9.17, 15) is 29.1 Å². The van der Waals surface area contributed by atoms with E-state index in [-0.39, 0.29) is 6.42 Å². The Hall–Kier alpha value is -3.58. The second kappa shape index (κ2) is 13.5. The Bertz CT molecular complexity index is 1110. The van der Waals surface area contributed by atoms with Gasteiger partial charge in [0.1, 0.15) is 18.1 Å². The third kappa shape index (κ3) is 8.27. The topological polar surface area (TPSA) is 204 Å². The van der Waals surface area contributed by atoms with E-state index in [4.69, 9.17) is 10.8 Å². The van der Waals surface area contributed by atoms with Gasteiger partial charge in [0.05, 0.1) is 12.5 Å². The number of aliphatic carboxylic acids is 2. The number of carboxylic acids is 2. The summed E-state index contributed by atoms with van der Waals surface area (Å²) in [6.45, 7) is 1.32. The lowest BCUT2D eigenvalue weighted by atomic mass is 10.0. The average molecular weight is 522 g/mol. The summed E-state index contributed by atoms with van der Waals surface area (Å²) in [6, 6.07) is 2.44. The molecule has 2 aromatic rings. The lowest BCUT2D eigenvalue weighted by Gasteiger charge is -2.22. The number of aromatic nitrogens is 1. The van der Waals surface area contributed by atoms with Crippen molar-refractivity contribution in [2.45, 2.75) is 50.4 Å². The van der Waals surface area contributed by atoms with Crippen LogP contribution in [0.3, 0.4) is 0 Å². The number of carbonyl (C=O) groups excluding carboxylic acids is 3. The minimum atomic E-state index is -1.47. The molecule has 0 aliphatic heterocycles. The zero-order valence-corrected chi connectivity index (χ0v) is 20.8. The maximum absolute atomic E-state index is 12.7. The minimum absolute atomic E-state index is 0.00260. The second-order valence-corrected chi connectivity index (χ2v) is 9.23. The molecular formula is C23H31N5O7S. The number of hydrogen-bond donors (Lipinski definition) is 7. The monoisotopic (exact) mass is 521 g/mol. The number of nitrogens with two attached hydrogens (primary N) is 1. The van der Waals surface area contributed by atoms with Gasteiger partial charge < -0.3 is 36.9 Å². The summed E-state index contributed by atoms with van der Waals surface area (Å²) >= 11 is 1.48. The number of benzene rings is 1. The molecule has 196 valence electrons. The molecule has 1 aromatic carbocycles. The minimum Gasteiger partial charge on any atom is -0.481 e. The molecule has 13 heteroatoms. The number of carbonyl (C=O) groups is 5. The number of H-pyrrole nitrogens is 1. The largest absolute Gasteiger partial charge is 0.481 e. The number of fused-ring (bicyclic) bond motifs is 1. The van der Waals surface area contributed by atoms with Crippen molar-refractivity contribution in [2.75, 3.05) is 12.0 Å². The van der Waals surface area contributed by atoms with Crippen LogP contribution in [0.2, 0.25) is 0 Å². The Kier molecular flexibility index (Phi) is 10.7. The van der Waals surface area contributed by atoms with Crippen molar-refractivity contribution in [1.29, 1.82) is 0 Å². The summed E-state index contributed by atoms with van der Waals surface area (Å²) in [4.78, 5) is 63.6. The zero-order valence-electron chi connectivity index (χ0n) is 19.9. The van der Waals surface area contributed by atoms with Gasteiger partial charge in [0.25, 0.3) is 0 Å². The van der Waals surface area contributed by atoms with Gasteiger partial charge >= 0.3 is 11.9 Å². The summed E-state index contributed by atoms with van der Waals surface area (Å²) in [5, 5.41) is 26.6. The summed E-state index contributed by atoms with van der Waals surface area (Å²) < 4.78 is 0. The lowest BCUT2D eigenvalue weighted by molar-refractivity contribution is -0.143. The third-order valence-electron chi connectivity index (χ3n) is 5.45. The quantitative estimate of drug-likeness (QED) is 0.176. The van der Waals surface area contributed by atoms with Crippen LogP contribution >= 0.6 is 11.8 Å². The van der Waals surface area contributed by atoms with Gasteiger partial charge in [-0.3, -0.25) is 19.2 Å². The second-order valence-electron chi connectivity index (χ2n) is 8.24. The highest BCUT2D eigenvalue weighted by Gasteiger charge is 2.30. The van der Waals surface area contributed by atoms with Gasteiger partial charge in [-0.25, -0.2) is 4.79 Å². The fourth-order valence-corrected chi connectivity index (χ4v) is 3.92. The highest BCUT2D eigenvalue weighted by atomic mass is 32.2. The highest BCUT2D eigenvalue weighted by Crippen LogP contribution is 2.19. The first-order chi connectivity index (χ1) is 17.0. The first kappa shape index (κ1) is 28.7. The molecule has 0 saturated carbocycles. The Morgan fingerprint density at radius 2 is 1.67 bits per heavy atom. The van der Waals surface area contributed by atoms with Crippen LogP contribution in [-0.2, 0) is 30.4 Å². The number of hydrogen-bond acceptors (Lipinski definition) is 7. The number of rotatable bonds is 14. The molecule has 1 aromatic heterocycles. The summed E-state index contributed by atoms with van der Waals surface area (Å²) in [5.74, 6) is -4.38. The van der Waals surface area contributed by atoms with E-state index in [1.54, 1.807) is 6.20 Å². The van der Waals surface area contributed by atoms with Crippen molar-refractivity contribution < 1.29 is 34.2 Å². The molecule has 4 unspecified atom stereocenters. The molecule has 0 spiro atoms. The van der Waals surface area contributed by atoms with E-state index in [1.807, 2.05) is 30.5 Å². The Morgan fingerprint density at radius 3 is 2.31 bits per heavy atom. The molecule has 0 radical (unpaired) electrons. The fraction of sp³-hybridized carbons (Fsp3) is 0.435. The SMILES string of the molecule is CSCCC(N)C(=O)NC(CC(=O)O)C(=O)NC(C)C(=O)NC(Cc1c[nH]c2ccccc12)C(=O)O. The van der Waals surface area contributed by atoms with Gasteiger partial charge in [-0.2, -0.15) is 11.8 Å². The molecular weight excluding hydrogens is 490 g/mol. The maximum Gasteiger partial charge on any atom is 0.326 e. The predicted molar refractivity (Wildman–Crippen MR) is 134 cm³/mol. The standard InChI is InChI=1S/C23H31N5O7S/c1-12(26-22(33)17(10-19(29)30)27-21(32)15(24)7-8-36-2)20(31)28-18(23(34)35)9-13-11-25-16-6-4-3-5-14(13)16/h3-6,11-12,15,17-18,25H,7-10,24H2,1-2H3,(H,26,33)(H,27,32)(H,28,31)(H,29,30)(H,34,35). The fourth-order valence-electron chi connectivity index (χ4n) is 3.44. The molecule has 0 fully saturated rings. The number of nitrogens with one attached hydrogen (secondary N) is 4. The van der Waals surface area contributed by atoms with E-state index >= 15 is 0 Å². The summed E-state index contributed by atoms with van der Waals surface area (Å²) in [7, 11) is 0. The van der Waals surface area contributed by atoms with Gasteiger partial charge in [0.2, 0.25) is 17.7 Å². The number of aromatic amines is 1. The first-order valence-electron chi connectivity index (χ1n) is 11.2. The summed E-state index contributed by atoms with van der Waals surface area (Å²) in [6.07, 6.45) is 3.12. The maximum atomic E-state index is 12.7. The first-order valence-corrected chi connectivity index (χ1v) is 12.6. The van der Waals surface area contributed by atoms with Crippen molar-refractivity contribution in [2.24, 2.45) is 5.73 Å². The van der Waals surface area contributed by atoms with Gasteiger partial charge in [-0.15, -0.1) is 0 Å². The Labute approximate surface area is 211 Å². The van der Waals surface area contributed by atoms with Gasteiger partial charge in [-0.1, -0.05) is 18.2 Å². The van der Waals surface area contributed by atoms with Crippen LogP contribution in [0, 0.1) is 0 Å². The van der Waals surface area contributed by atoms with Crippen LogP contribution in [0.5, 0.6) is 0 Å². The molecule has 4 atom stereocenters. The Morgan fingerprint density at radius 1 is 1.00 bits per heavy atom. The number of carboxylic acid groups (broad SMARTS) is 2. The van der Waals surface area contributed by atoms with Crippen LogP contribution in [0.15, 0.2) is 30.5 Å². The summed E-state index contributed by atoms with van der Waals surface area (Å²) in [5.41, 5.74) is 7.29. The molecule has 8 N–H and O–H groups in total. The number of para-hydroxylation sites is 1. The van der Waals surface area contributed by atoms with Crippen molar-refractivity contribution in [3.8, 4) is 0 Å². The van der Waals surface area contributed by atoms with E-state index < -0.39 is 60.2 Å². The van der Waals surface area contributed by atoms with Crippen LogP contribution in [0.1, 0.15) is 25.3 Å². The van der Waals surface area contributed by atoms with Crippen molar-refractivity contribution in [1.82, 2.24) is 20.9 Å². The smallest absolute Gasteiger partial charge is 0.326 e. The van der Waals surface area contributed by atoms with Crippen LogP contribution in [-0.4, -0.2) is 81.0 Å². The predicted octanol–water partition coefficient (Wildman–Crippen LogP) is -0.176. The van der Waals surface area contributed by atoms with Crippen molar-refractivity contribution in [3.63, 3.8) is 0 Å². The van der Waals surface area contributed by atoms with Crippen LogP contribution in [0.25, 0.3) is 10.9 Å². The molecule has 0 aliphatic rings. The highest BCUT2D eigenvalue weighted by molar-refractivity contribution is 7.98. The molecule has 0 aliphatic carbocycles. The van der Waals surface area contributed by atoms with Crippen LogP contribution < -0.4 is 21.7 Å². The zero-order chi connectivity index (χ0) is 26.8. The molecule has 0 saturated heterocycles. The molecule has 36 heavy (non-hydrogen) atoms. The lowest BCUT2D eigenvalue weighted by Crippen LogP contribution is -2.57. The van der Waals surface area contributed by atoms with Crippen molar-refractivity contribution >= 4 is 52.3 Å². The van der Waals surface area contributed by atoms with Crippen LogP contribution in [0.4, 0.5) is 0 Å². The van der Waals surface area contributed by atoms with E-state index in [0.29, 0.717) is 17.7 Å². The van der Waals surface area contributed by atoms with E-state index in [0.717, 1.165) is 10.9 Å². The van der Waals surface area contributed by atoms with E-state index in [1.165, 1.54) is 18.7 Å². The third-order valence-corrected chi connectivity index (χ3v) is 6.09. The van der Waals surface area contributed by atoms with Gasteiger partial charge in [0.15, 0.2) is 0 Å². The van der Waals surface area contributed by atoms with E-state index in [2.05, 4.69) is 20.9 Å². The molecule has 1 heterocycles. The molecule has 3 amide bonds. The van der Waals surface area contributed by atoms with Gasteiger partial charge in [0, 0.05) is 23.5 Å². The van der Waals surface area contributed by atoms with Gasteiger partial charge in [-0.05, 0) is 37.0 Å². The molecule has 0 bridgehead atoms. The Balaban J connectivity index is 2.02. The normalized spacial score (nSPS) is 14.3.